The molecule has 0 unspecified atom stereocenters. The van der Waals surface area contributed by atoms with Crippen LogP contribution in [0.3, 0.4) is 0 Å². The van der Waals surface area contributed by atoms with Gasteiger partial charge in [-0.1, -0.05) is 35.3 Å². The highest BCUT2D eigenvalue weighted by molar-refractivity contribution is 6.44. The summed E-state index contributed by atoms with van der Waals surface area (Å²) in [5, 5.41) is 5.85. The van der Waals surface area contributed by atoms with Gasteiger partial charge in [-0.25, -0.2) is 4.98 Å². The zero-order valence-electron chi connectivity index (χ0n) is 13.3. The first-order valence-electron chi connectivity index (χ1n) is 7.57. The predicted octanol–water partition coefficient (Wildman–Crippen LogP) is 4.16. The Kier molecular flexibility index (Phi) is 5.55. The molecule has 132 valence electrons. The minimum atomic E-state index is -0.505. The van der Waals surface area contributed by atoms with Crippen LogP contribution in [0.1, 0.15) is 26.7 Å². The van der Waals surface area contributed by atoms with E-state index in [2.05, 4.69) is 15.6 Å². The van der Waals surface area contributed by atoms with E-state index in [9.17, 15) is 9.59 Å². The zero-order valence-corrected chi connectivity index (χ0v) is 14.8. The predicted molar refractivity (Wildman–Crippen MR) is 98.5 cm³/mol. The van der Waals surface area contributed by atoms with E-state index in [0.717, 1.165) is 0 Å². The Balaban J connectivity index is 1.70. The molecule has 0 bridgehead atoms. The maximum absolute atomic E-state index is 12.4. The Labute approximate surface area is 159 Å². The monoisotopic (exact) mass is 389 g/mol. The van der Waals surface area contributed by atoms with Gasteiger partial charge in [-0.05, 0) is 36.4 Å². The van der Waals surface area contributed by atoms with E-state index in [-0.39, 0.29) is 23.0 Å². The summed E-state index contributed by atoms with van der Waals surface area (Å²) in [6.45, 7) is 0.224. The van der Waals surface area contributed by atoms with Crippen LogP contribution in [0.5, 0.6) is 0 Å². The SMILES string of the molecule is O=C(NCc1ccco1)c1cccc(C(=O)Nc2cccc(Cl)c2Cl)n1. The number of benzene rings is 1. The smallest absolute Gasteiger partial charge is 0.274 e. The van der Waals surface area contributed by atoms with Gasteiger partial charge in [0.25, 0.3) is 11.8 Å². The van der Waals surface area contributed by atoms with Crippen molar-refractivity contribution in [3.63, 3.8) is 0 Å². The minimum absolute atomic E-state index is 0.0756. The Hall–Kier alpha value is -2.83. The minimum Gasteiger partial charge on any atom is -0.467 e. The van der Waals surface area contributed by atoms with Gasteiger partial charge in [-0.3, -0.25) is 9.59 Å². The number of pyridine rings is 1. The van der Waals surface area contributed by atoms with Crippen molar-refractivity contribution >= 4 is 40.7 Å². The molecule has 2 N–H and O–H groups in total. The molecule has 8 heteroatoms. The molecule has 0 atom stereocenters. The first kappa shape index (κ1) is 18.0. The maximum Gasteiger partial charge on any atom is 0.274 e. The molecular formula is C18H13Cl2N3O3. The standard InChI is InChI=1S/C18H13Cl2N3O3/c19-12-5-1-6-13(16(12)20)23-18(25)15-8-2-7-14(22-15)17(24)21-10-11-4-3-9-26-11/h1-9H,10H2,(H,21,24)(H,23,25). The second-order valence-corrected chi connectivity index (χ2v) is 6.01. The Morgan fingerprint density at radius 1 is 0.962 bits per heavy atom. The van der Waals surface area contributed by atoms with Crippen LogP contribution < -0.4 is 10.6 Å². The highest BCUT2D eigenvalue weighted by Gasteiger charge is 2.14. The molecule has 0 aliphatic carbocycles. The van der Waals surface area contributed by atoms with E-state index in [1.54, 1.807) is 36.4 Å². The van der Waals surface area contributed by atoms with Crippen molar-refractivity contribution in [2.45, 2.75) is 6.54 Å². The van der Waals surface area contributed by atoms with Crippen LogP contribution >= 0.6 is 23.2 Å². The average molecular weight is 390 g/mol. The van der Waals surface area contributed by atoms with Crippen molar-refractivity contribution in [1.82, 2.24) is 10.3 Å². The zero-order chi connectivity index (χ0) is 18.5. The molecule has 6 nitrogen and oxygen atoms in total. The number of nitrogens with one attached hydrogen (secondary N) is 2. The van der Waals surface area contributed by atoms with E-state index >= 15 is 0 Å². The molecule has 0 aliphatic heterocycles. The van der Waals surface area contributed by atoms with Crippen LogP contribution in [-0.2, 0) is 6.54 Å². The molecule has 0 radical (unpaired) electrons. The first-order valence-corrected chi connectivity index (χ1v) is 8.33. The molecule has 3 aromatic rings. The van der Waals surface area contributed by atoms with Crippen LogP contribution in [0, 0.1) is 0 Å². The summed E-state index contributed by atoms with van der Waals surface area (Å²) in [5.41, 5.74) is 0.548. The van der Waals surface area contributed by atoms with Gasteiger partial charge in [0.2, 0.25) is 0 Å². The van der Waals surface area contributed by atoms with E-state index in [4.69, 9.17) is 27.6 Å². The average Bonchev–Trinajstić information content (AvgIpc) is 3.17. The fraction of sp³-hybridized carbons (Fsp3) is 0.0556. The third-order valence-corrected chi connectivity index (χ3v) is 4.24. The van der Waals surface area contributed by atoms with E-state index < -0.39 is 11.8 Å². The lowest BCUT2D eigenvalue weighted by Gasteiger charge is -2.09. The Morgan fingerprint density at radius 3 is 2.42 bits per heavy atom. The number of nitrogens with zero attached hydrogens (tertiary/aromatic N) is 1. The van der Waals surface area contributed by atoms with Crippen molar-refractivity contribution in [3.8, 4) is 0 Å². The van der Waals surface area contributed by atoms with Gasteiger partial charge in [-0.2, -0.15) is 0 Å². The maximum atomic E-state index is 12.4. The molecule has 0 saturated heterocycles. The van der Waals surface area contributed by atoms with Crippen molar-refractivity contribution in [3.05, 3.63) is 82.0 Å². The number of aromatic nitrogens is 1. The largest absolute Gasteiger partial charge is 0.467 e. The summed E-state index contributed by atoms with van der Waals surface area (Å²) in [4.78, 5) is 28.7. The fourth-order valence-corrected chi connectivity index (χ4v) is 2.49. The van der Waals surface area contributed by atoms with Crippen LogP contribution in [-0.4, -0.2) is 16.8 Å². The number of carbonyl (C=O) groups is 2. The molecular weight excluding hydrogens is 377 g/mol. The van der Waals surface area contributed by atoms with Crippen LogP contribution in [0.2, 0.25) is 10.0 Å². The number of halogens is 2. The molecule has 0 fully saturated rings. The summed E-state index contributed by atoms with van der Waals surface area (Å²) in [7, 11) is 0. The molecule has 2 amide bonds. The Bertz CT molecular complexity index is 943. The van der Waals surface area contributed by atoms with Crippen molar-refractivity contribution in [2.75, 3.05) is 5.32 Å². The lowest BCUT2D eigenvalue weighted by molar-refractivity contribution is 0.0943. The van der Waals surface area contributed by atoms with Gasteiger partial charge in [0, 0.05) is 0 Å². The molecule has 26 heavy (non-hydrogen) atoms. The van der Waals surface area contributed by atoms with Crippen LogP contribution in [0.4, 0.5) is 5.69 Å². The lowest BCUT2D eigenvalue weighted by Crippen LogP contribution is -2.25. The van der Waals surface area contributed by atoms with E-state index in [1.165, 1.54) is 18.4 Å². The molecule has 0 spiro atoms. The van der Waals surface area contributed by atoms with Gasteiger partial charge in [-0.15, -0.1) is 0 Å². The molecule has 1 aromatic carbocycles. The third-order valence-electron chi connectivity index (χ3n) is 3.42. The fourth-order valence-electron chi connectivity index (χ4n) is 2.15. The number of anilines is 1. The number of carbonyl (C=O) groups excluding carboxylic acids is 2. The first-order chi connectivity index (χ1) is 12.5. The van der Waals surface area contributed by atoms with Crippen LogP contribution in [0.25, 0.3) is 0 Å². The van der Waals surface area contributed by atoms with Crippen LogP contribution in [0.15, 0.2) is 59.2 Å². The van der Waals surface area contributed by atoms with Crippen molar-refractivity contribution in [2.24, 2.45) is 0 Å². The third kappa shape index (κ3) is 4.22. The summed E-state index contributed by atoms with van der Waals surface area (Å²) in [6, 6.07) is 12.9. The number of amides is 2. The van der Waals surface area contributed by atoms with Crippen molar-refractivity contribution in [1.29, 1.82) is 0 Å². The quantitative estimate of drug-likeness (QED) is 0.685. The molecule has 2 heterocycles. The summed E-state index contributed by atoms with van der Waals surface area (Å²) in [5.74, 6) is -0.311. The topological polar surface area (TPSA) is 84.2 Å². The van der Waals surface area contributed by atoms with Gasteiger partial charge in [0.05, 0.1) is 28.5 Å². The molecule has 0 aliphatic rings. The number of hydrogen-bond donors (Lipinski definition) is 2. The normalized spacial score (nSPS) is 10.4. The van der Waals surface area contributed by atoms with Gasteiger partial charge < -0.3 is 15.1 Å². The summed E-state index contributed by atoms with van der Waals surface area (Å²) >= 11 is 12.0. The molecule has 3 rings (SSSR count). The van der Waals surface area contributed by atoms with E-state index in [1.807, 2.05) is 0 Å². The number of furan rings is 1. The highest BCUT2D eigenvalue weighted by Crippen LogP contribution is 2.29. The van der Waals surface area contributed by atoms with E-state index in [0.29, 0.717) is 16.5 Å². The number of rotatable bonds is 5. The molecule has 2 aromatic heterocycles. The van der Waals surface area contributed by atoms with Gasteiger partial charge in [0.1, 0.15) is 17.1 Å². The van der Waals surface area contributed by atoms with Crippen molar-refractivity contribution < 1.29 is 14.0 Å². The number of hydrogen-bond acceptors (Lipinski definition) is 4. The highest BCUT2D eigenvalue weighted by atomic mass is 35.5. The van der Waals surface area contributed by atoms with Gasteiger partial charge >= 0.3 is 0 Å². The Morgan fingerprint density at radius 2 is 1.69 bits per heavy atom. The second-order valence-electron chi connectivity index (χ2n) is 5.23. The second kappa shape index (κ2) is 8.03. The summed E-state index contributed by atoms with van der Waals surface area (Å²) < 4.78 is 5.15. The lowest BCUT2D eigenvalue weighted by atomic mass is 10.2. The summed E-state index contributed by atoms with van der Waals surface area (Å²) in [6.07, 6.45) is 1.52. The molecule has 0 saturated carbocycles. The van der Waals surface area contributed by atoms with Gasteiger partial charge in [0.15, 0.2) is 0 Å².